The Balaban J connectivity index is 2.46. The monoisotopic (exact) mass is 194 g/mol. The van der Waals surface area contributed by atoms with Crippen LogP contribution in [0.4, 0.5) is 0 Å². The Morgan fingerprint density at radius 1 is 1.67 bits per heavy atom. The van der Waals surface area contributed by atoms with Gasteiger partial charge in [-0.2, -0.15) is 0 Å². The lowest BCUT2D eigenvalue weighted by Gasteiger charge is -2.12. The van der Waals surface area contributed by atoms with Gasteiger partial charge in [0.1, 0.15) is 0 Å². The maximum absolute atomic E-state index is 11.0. The summed E-state index contributed by atoms with van der Waals surface area (Å²) in [6, 6.07) is 0. The summed E-state index contributed by atoms with van der Waals surface area (Å²) in [6.45, 7) is 1.56. The molecule has 0 radical (unpaired) electrons. The minimum absolute atomic E-state index is 0.254. The zero-order chi connectivity index (χ0) is 9.19. The first-order valence-electron chi connectivity index (χ1n) is 3.81. The van der Waals surface area contributed by atoms with Crippen molar-refractivity contribution in [1.82, 2.24) is 4.31 Å². The zero-order valence-corrected chi connectivity index (χ0v) is 7.88. The van der Waals surface area contributed by atoms with Gasteiger partial charge in [-0.3, -0.25) is 0 Å². The van der Waals surface area contributed by atoms with Crippen molar-refractivity contribution < 1.29 is 13.3 Å². The molecular weight excluding hydrogens is 180 g/mol. The van der Waals surface area contributed by atoms with Crippen molar-refractivity contribution >= 4 is 10.0 Å². The highest BCUT2D eigenvalue weighted by Gasteiger charge is 2.28. The van der Waals surface area contributed by atoms with E-state index in [1.54, 1.807) is 0 Å². The molecule has 0 bridgehead atoms. The van der Waals surface area contributed by atoms with Gasteiger partial charge in [0.05, 0.1) is 12.9 Å². The Hall–Kier alpha value is -0.170. The molecule has 1 aliphatic rings. The Morgan fingerprint density at radius 3 is 2.75 bits per heavy atom. The first-order chi connectivity index (χ1) is 5.54. The molecule has 0 amide bonds. The topological polar surface area (TPSA) is 72.6 Å². The summed E-state index contributed by atoms with van der Waals surface area (Å²) in [4.78, 5) is 4.47. The van der Waals surface area contributed by atoms with E-state index in [1.807, 2.05) is 0 Å². The van der Waals surface area contributed by atoms with Gasteiger partial charge >= 0.3 is 0 Å². The highest BCUT2D eigenvalue weighted by atomic mass is 32.2. The fourth-order valence-corrected chi connectivity index (χ4v) is 2.29. The predicted octanol–water partition coefficient (Wildman–Crippen LogP) is -0.842. The van der Waals surface area contributed by atoms with E-state index in [0.717, 1.165) is 6.42 Å². The van der Waals surface area contributed by atoms with Gasteiger partial charge in [0.2, 0.25) is 10.0 Å². The van der Waals surface area contributed by atoms with Crippen molar-refractivity contribution in [1.29, 1.82) is 0 Å². The Kier molecular flexibility index (Phi) is 3.05. The summed E-state index contributed by atoms with van der Waals surface area (Å²) in [5.74, 6) is 5.15. The molecule has 6 heteroatoms. The highest BCUT2D eigenvalue weighted by Crippen LogP contribution is 2.18. The van der Waals surface area contributed by atoms with Crippen LogP contribution in [0, 0.1) is 5.92 Å². The van der Waals surface area contributed by atoms with Crippen LogP contribution in [-0.2, 0) is 14.9 Å². The summed E-state index contributed by atoms with van der Waals surface area (Å²) >= 11 is 0. The average Bonchev–Trinajstić information content (AvgIpc) is 2.35. The number of hydrogen-bond donors (Lipinski definition) is 1. The SMILES string of the molecule is CS(=O)(=O)N1CCC(CON)C1. The Labute approximate surface area is 72.5 Å². The van der Waals surface area contributed by atoms with Crippen LogP contribution >= 0.6 is 0 Å². The summed E-state index contributed by atoms with van der Waals surface area (Å²) in [5, 5.41) is 0. The van der Waals surface area contributed by atoms with Gasteiger partial charge in [0, 0.05) is 13.1 Å². The predicted molar refractivity (Wildman–Crippen MR) is 44.7 cm³/mol. The van der Waals surface area contributed by atoms with Crippen LogP contribution in [0.2, 0.25) is 0 Å². The number of rotatable bonds is 3. The fraction of sp³-hybridized carbons (Fsp3) is 1.00. The highest BCUT2D eigenvalue weighted by molar-refractivity contribution is 7.88. The third-order valence-electron chi connectivity index (χ3n) is 2.05. The first kappa shape index (κ1) is 9.91. The molecule has 0 aromatic heterocycles. The normalized spacial score (nSPS) is 26.3. The number of sulfonamides is 1. The van der Waals surface area contributed by atoms with Gasteiger partial charge in [-0.15, -0.1) is 0 Å². The lowest BCUT2D eigenvalue weighted by molar-refractivity contribution is 0.106. The number of nitrogens with zero attached hydrogens (tertiary/aromatic N) is 1. The molecule has 72 valence electrons. The average molecular weight is 194 g/mol. The van der Waals surface area contributed by atoms with E-state index in [0.29, 0.717) is 19.7 Å². The fourth-order valence-electron chi connectivity index (χ4n) is 1.37. The molecule has 0 saturated carbocycles. The van der Waals surface area contributed by atoms with E-state index in [9.17, 15) is 8.42 Å². The van der Waals surface area contributed by atoms with E-state index in [4.69, 9.17) is 5.90 Å². The summed E-state index contributed by atoms with van der Waals surface area (Å²) in [6.07, 6.45) is 2.06. The molecule has 0 spiro atoms. The third-order valence-corrected chi connectivity index (χ3v) is 3.32. The van der Waals surface area contributed by atoms with Crippen LogP contribution in [0.1, 0.15) is 6.42 Å². The Morgan fingerprint density at radius 2 is 2.33 bits per heavy atom. The van der Waals surface area contributed by atoms with E-state index in [-0.39, 0.29) is 5.92 Å². The van der Waals surface area contributed by atoms with Gasteiger partial charge in [-0.1, -0.05) is 0 Å². The van der Waals surface area contributed by atoms with Gasteiger partial charge in [0.15, 0.2) is 0 Å². The standard InChI is InChI=1S/C6H14N2O3S/c1-12(9,10)8-3-2-6(4-8)5-11-7/h6H,2-5,7H2,1H3. The first-order valence-corrected chi connectivity index (χ1v) is 5.65. The zero-order valence-electron chi connectivity index (χ0n) is 7.06. The number of hydrogen-bond acceptors (Lipinski definition) is 4. The van der Waals surface area contributed by atoms with Crippen molar-refractivity contribution in [2.24, 2.45) is 11.8 Å². The van der Waals surface area contributed by atoms with Crippen molar-refractivity contribution in [2.75, 3.05) is 26.0 Å². The minimum Gasteiger partial charge on any atom is -0.304 e. The van der Waals surface area contributed by atoms with Crippen LogP contribution in [0.25, 0.3) is 0 Å². The molecule has 1 rings (SSSR count). The quantitative estimate of drug-likeness (QED) is 0.594. The third kappa shape index (κ3) is 2.41. The molecule has 2 N–H and O–H groups in total. The van der Waals surface area contributed by atoms with Crippen molar-refractivity contribution in [3.63, 3.8) is 0 Å². The smallest absolute Gasteiger partial charge is 0.211 e. The maximum atomic E-state index is 11.0. The molecule has 0 aromatic carbocycles. The summed E-state index contributed by atoms with van der Waals surface area (Å²) in [7, 11) is -3.02. The maximum Gasteiger partial charge on any atom is 0.211 e. The van der Waals surface area contributed by atoms with Crippen molar-refractivity contribution in [2.45, 2.75) is 6.42 Å². The molecule has 1 saturated heterocycles. The van der Waals surface area contributed by atoms with Crippen LogP contribution in [-0.4, -0.2) is 38.7 Å². The molecule has 1 unspecified atom stereocenters. The molecule has 1 heterocycles. The van der Waals surface area contributed by atoms with E-state index in [1.165, 1.54) is 10.6 Å². The second-order valence-corrected chi connectivity index (χ2v) is 5.09. The molecule has 1 fully saturated rings. The molecule has 5 nitrogen and oxygen atoms in total. The van der Waals surface area contributed by atoms with Crippen molar-refractivity contribution in [3.8, 4) is 0 Å². The van der Waals surface area contributed by atoms with Crippen LogP contribution in [0.15, 0.2) is 0 Å². The minimum atomic E-state index is -3.02. The van der Waals surface area contributed by atoms with Crippen LogP contribution in [0.5, 0.6) is 0 Å². The van der Waals surface area contributed by atoms with Gasteiger partial charge in [0.25, 0.3) is 0 Å². The molecular formula is C6H14N2O3S. The lowest BCUT2D eigenvalue weighted by Crippen LogP contribution is -2.28. The van der Waals surface area contributed by atoms with Gasteiger partial charge < -0.3 is 4.84 Å². The van der Waals surface area contributed by atoms with Crippen LogP contribution in [0.3, 0.4) is 0 Å². The number of nitrogens with two attached hydrogens (primary N) is 1. The second kappa shape index (κ2) is 3.69. The molecule has 1 atom stereocenters. The summed E-state index contributed by atoms with van der Waals surface area (Å²) in [5.41, 5.74) is 0. The second-order valence-electron chi connectivity index (χ2n) is 3.11. The van der Waals surface area contributed by atoms with Gasteiger partial charge in [-0.05, 0) is 12.3 Å². The molecule has 0 aromatic rings. The van der Waals surface area contributed by atoms with Gasteiger partial charge in [-0.25, -0.2) is 18.6 Å². The van der Waals surface area contributed by atoms with E-state index < -0.39 is 10.0 Å². The van der Waals surface area contributed by atoms with Crippen molar-refractivity contribution in [3.05, 3.63) is 0 Å². The molecule has 1 aliphatic heterocycles. The largest absolute Gasteiger partial charge is 0.304 e. The van der Waals surface area contributed by atoms with Crippen LogP contribution < -0.4 is 5.90 Å². The Bertz CT molecular complexity index is 239. The lowest BCUT2D eigenvalue weighted by atomic mass is 10.1. The van der Waals surface area contributed by atoms with E-state index in [2.05, 4.69) is 4.84 Å². The molecule has 12 heavy (non-hydrogen) atoms. The van der Waals surface area contributed by atoms with E-state index >= 15 is 0 Å². The molecule has 0 aliphatic carbocycles. The summed E-state index contributed by atoms with van der Waals surface area (Å²) < 4.78 is 23.5.